The number of hydrogen-bond acceptors (Lipinski definition) is 2. The van der Waals surface area contributed by atoms with Gasteiger partial charge in [-0.1, -0.05) is 26.3 Å². The maximum atomic E-state index is 10.6. The van der Waals surface area contributed by atoms with Crippen LogP contribution >= 0.6 is 11.8 Å². The van der Waals surface area contributed by atoms with Crippen molar-refractivity contribution in [3.05, 3.63) is 12.2 Å². The third-order valence-electron chi connectivity index (χ3n) is 1.72. The van der Waals surface area contributed by atoms with Crippen LogP contribution in [0.3, 0.4) is 0 Å². The average Bonchev–Trinajstić information content (AvgIpc) is 2.04. The van der Waals surface area contributed by atoms with Crippen LogP contribution in [-0.4, -0.2) is 16.8 Å². The quantitative estimate of drug-likeness (QED) is 0.462. The molecule has 0 aliphatic carbocycles. The van der Waals surface area contributed by atoms with E-state index in [0.717, 1.165) is 6.42 Å². The van der Waals surface area contributed by atoms with E-state index in [4.69, 9.17) is 0 Å². The molecule has 1 unspecified atom stereocenters. The molecular formula is C11H20OS. The van der Waals surface area contributed by atoms with Gasteiger partial charge in [0.25, 0.3) is 0 Å². The van der Waals surface area contributed by atoms with Crippen LogP contribution < -0.4 is 0 Å². The zero-order chi connectivity index (χ0) is 10.1. The topological polar surface area (TPSA) is 17.1 Å². The van der Waals surface area contributed by atoms with Crippen LogP contribution in [0.2, 0.25) is 0 Å². The number of hydrogen-bond donors (Lipinski definition) is 0. The van der Waals surface area contributed by atoms with Crippen LogP contribution in [0.4, 0.5) is 0 Å². The van der Waals surface area contributed by atoms with E-state index in [1.54, 1.807) is 13.0 Å². The zero-order valence-corrected chi connectivity index (χ0v) is 9.69. The minimum absolute atomic E-state index is 0.144. The van der Waals surface area contributed by atoms with Crippen LogP contribution in [0.15, 0.2) is 12.2 Å². The van der Waals surface area contributed by atoms with E-state index in [0.29, 0.717) is 5.25 Å². The molecule has 0 aromatic rings. The third-order valence-corrected chi connectivity index (χ3v) is 3.01. The summed E-state index contributed by atoms with van der Waals surface area (Å²) in [6.07, 6.45) is 7.21. The normalized spacial score (nSPS) is 13.5. The van der Waals surface area contributed by atoms with Crippen LogP contribution in [0.25, 0.3) is 0 Å². The van der Waals surface area contributed by atoms with Crippen LogP contribution in [0, 0.1) is 0 Å². The van der Waals surface area contributed by atoms with Crippen molar-refractivity contribution in [3.8, 4) is 0 Å². The Labute approximate surface area is 86.0 Å². The molecule has 0 saturated heterocycles. The first-order chi connectivity index (χ1) is 6.16. The lowest BCUT2D eigenvalue weighted by atomic mass is 10.3. The first kappa shape index (κ1) is 12.8. The van der Waals surface area contributed by atoms with Crippen molar-refractivity contribution >= 4 is 17.5 Å². The number of rotatable bonds is 7. The second-order valence-electron chi connectivity index (χ2n) is 3.28. The Kier molecular flexibility index (Phi) is 8.21. The Morgan fingerprint density at radius 1 is 1.54 bits per heavy atom. The van der Waals surface area contributed by atoms with Gasteiger partial charge in [0.1, 0.15) is 0 Å². The van der Waals surface area contributed by atoms with Gasteiger partial charge < -0.3 is 0 Å². The van der Waals surface area contributed by atoms with Gasteiger partial charge >= 0.3 is 0 Å². The van der Waals surface area contributed by atoms with E-state index in [1.807, 2.05) is 17.8 Å². The highest BCUT2D eigenvalue weighted by atomic mass is 32.2. The third kappa shape index (κ3) is 9.68. The Morgan fingerprint density at radius 3 is 2.77 bits per heavy atom. The SMILES string of the molecule is CCCCSC(C)CC=CC(C)=O. The molecule has 1 atom stereocenters. The molecule has 0 bridgehead atoms. The molecule has 13 heavy (non-hydrogen) atoms. The number of carbonyl (C=O) groups excluding carboxylic acids is 1. The standard InChI is InChI=1S/C11H20OS/c1-4-5-9-13-11(3)8-6-7-10(2)12/h6-7,11H,4-5,8-9H2,1-3H3. The van der Waals surface area contributed by atoms with Gasteiger partial charge in [-0.15, -0.1) is 0 Å². The number of allylic oxidation sites excluding steroid dienone is 2. The summed E-state index contributed by atoms with van der Waals surface area (Å²) in [5.41, 5.74) is 0. The molecule has 0 heterocycles. The molecular weight excluding hydrogens is 180 g/mol. The largest absolute Gasteiger partial charge is 0.295 e. The number of ketones is 1. The molecule has 0 rings (SSSR count). The molecule has 0 aliphatic heterocycles. The molecule has 1 nitrogen and oxygen atoms in total. The van der Waals surface area contributed by atoms with Crippen LogP contribution in [-0.2, 0) is 4.79 Å². The second kappa shape index (κ2) is 8.36. The predicted octanol–water partition coefficient (Wildman–Crippen LogP) is 3.44. The van der Waals surface area contributed by atoms with Gasteiger partial charge in [0.05, 0.1) is 0 Å². The van der Waals surface area contributed by atoms with E-state index in [9.17, 15) is 4.79 Å². The van der Waals surface area contributed by atoms with Gasteiger partial charge in [0.15, 0.2) is 5.78 Å². The van der Waals surface area contributed by atoms with Crippen molar-refractivity contribution in [3.63, 3.8) is 0 Å². The summed E-state index contributed by atoms with van der Waals surface area (Å²) in [6, 6.07) is 0. The lowest BCUT2D eigenvalue weighted by molar-refractivity contribution is -0.112. The summed E-state index contributed by atoms with van der Waals surface area (Å²) >= 11 is 1.99. The van der Waals surface area contributed by atoms with Crippen molar-refractivity contribution in [2.24, 2.45) is 0 Å². The average molecular weight is 200 g/mol. The van der Waals surface area contributed by atoms with E-state index < -0.39 is 0 Å². The lowest BCUT2D eigenvalue weighted by Gasteiger charge is -2.06. The Morgan fingerprint density at radius 2 is 2.23 bits per heavy atom. The molecule has 0 aliphatic rings. The van der Waals surface area contributed by atoms with Gasteiger partial charge in [-0.2, -0.15) is 11.8 Å². The summed E-state index contributed by atoms with van der Waals surface area (Å²) in [5, 5.41) is 0.641. The van der Waals surface area contributed by atoms with E-state index in [-0.39, 0.29) is 5.78 Å². The fourth-order valence-corrected chi connectivity index (χ4v) is 2.03. The molecule has 0 radical (unpaired) electrons. The Bertz CT molecular complexity index is 163. The van der Waals surface area contributed by atoms with Crippen molar-refractivity contribution in [1.29, 1.82) is 0 Å². The maximum absolute atomic E-state index is 10.6. The van der Waals surface area contributed by atoms with E-state index in [1.165, 1.54) is 18.6 Å². The monoisotopic (exact) mass is 200 g/mol. The molecule has 0 amide bonds. The highest BCUT2D eigenvalue weighted by molar-refractivity contribution is 7.99. The molecule has 0 aromatic heterocycles. The van der Waals surface area contributed by atoms with Gasteiger partial charge in [-0.25, -0.2) is 0 Å². The number of thioether (sulfide) groups is 1. The molecule has 0 spiro atoms. The number of unbranched alkanes of at least 4 members (excludes halogenated alkanes) is 1. The maximum Gasteiger partial charge on any atom is 0.152 e. The van der Waals surface area contributed by atoms with Crippen molar-refractivity contribution in [2.45, 2.75) is 45.3 Å². The van der Waals surface area contributed by atoms with Gasteiger partial charge in [0, 0.05) is 5.25 Å². The van der Waals surface area contributed by atoms with Crippen molar-refractivity contribution in [1.82, 2.24) is 0 Å². The zero-order valence-electron chi connectivity index (χ0n) is 8.88. The Balaban J connectivity index is 3.39. The summed E-state index contributed by atoms with van der Waals surface area (Å²) in [6.45, 7) is 6.01. The molecule has 0 fully saturated rings. The van der Waals surface area contributed by atoms with Crippen molar-refractivity contribution < 1.29 is 4.79 Å². The minimum atomic E-state index is 0.144. The molecule has 0 saturated carbocycles. The molecule has 0 N–H and O–H groups in total. The molecule has 76 valence electrons. The molecule has 0 aromatic carbocycles. The lowest BCUT2D eigenvalue weighted by Crippen LogP contribution is -1.95. The Hall–Kier alpha value is -0.240. The smallest absolute Gasteiger partial charge is 0.152 e. The minimum Gasteiger partial charge on any atom is -0.295 e. The second-order valence-corrected chi connectivity index (χ2v) is 4.83. The van der Waals surface area contributed by atoms with Crippen molar-refractivity contribution in [2.75, 3.05) is 5.75 Å². The van der Waals surface area contributed by atoms with Gasteiger partial charge in [-0.05, 0) is 31.6 Å². The summed E-state index contributed by atoms with van der Waals surface area (Å²) in [7, 11) is 0. The highest BCUT2D eigenvalue weighted by Crippen LogP contribution is 2.15. The van der Waals surface area contributed by atoms with Crippen LogP contribution in [0.5, 0.6) is 0 Å². The summed E-state index contributed by atoms with van der Waals surface area (Å²) < 4.78 is 0. The van der Waals surface area contributed by atoms with E-state index >= 15 is 0 Å². The van der Waals surface area contributed by atoms with E-state index in [2.05, 4.69) is 13.8 Å². The predicted molar refractivity (Wildman–Crippen MR) is 61.3 cm³/mol. The first-order valence-electron chi connectivity index (χ1n) is 4.95. The molecule has 2 heteroatoms. The number of carbonyl (C=O) groups is 1. The fraction of sp³-hybridized carbons (Fsp3) is 0.727. The highest BCUT2D eigenvalue weighted by Gasteiger charge is 1.98. The van der Waals surface area contributed by atoms with Gasteiger partial charge in [0.2, 0.25) is 0 Å². The van der Waals surface area contributed by atoms with Crippen LogP contribution in [0.1, 0.15) is 40.0 Å². The van der Waals surface area contributed by atoms with Gasteiger partial charge in [-0.3, -0.25) is 4.79 Å². The first-order valence-corrected chi connectivity index (χ1v) is 6.00. The summed E-state index contributed by atoms with van der Waals surface area (Å²) in [4.78, 5) is 10.6. The summed E-state index contributed by atoms with van der Waals surface area (Å²) in [5.74, 6) is 1.39. The fourth-order valence-electron chi connectivity index (χ4n) is 0.923.